The number of hydrogen-bond donors (Lipinski definition) is 0. The molecule has 0 spiro atoms. The Balaban J connectivity index is 2.04. The molecule has 2 rings (SSSR count). The molecule has 1 saturated heterocycles. The van der Waals surface area contributed by atoms with Crippen LogP contribution in [0.1, 0.15) is 6.42 Å². The maximum atomic E-state index is 12.7. The van der Waals surface area contributed by atoms with Crippen molar-refractivity contribution in [3.63, 3.8) is 0 Å². The zero-order valence-corrected chi connectivity index (χ0v) is 8.90. The number of ether oxygens (including phenoxy) is 1. The van der Waals surface area contributed by atoms with Gasteiger partial charge in [-0.3, -0.25) is 4.90 Å². The Bertz CT molecular complexity index is 379. The van der Waals surface area contributed by atoms with Crippen LogP contribution in [-0.2, 0) is 4.74 Å². The molecule has 16 heavy (non-hydrogen) atoms. The number of halogens is 1. The number of hydrogen-bond acceptors (Lipinski definition) is 3. The fraction of sp³-hybridized carbons (Fsp3) is 0.417. The standard InChI is InChI=1S/C12H13FN2O/c13-11-1-3-12(4-2-11)15(9-14)7-10-5-6-16-8-10/h1-4,10H,5-8H2. The van der Waals surface area contributed by atoms with E-state index in [1.54, 1.807) is 17.0 Å². The maximum absolute atomic E-state index is 12.7. The average molecular weight is 220 g/mol. The SMILES string of the molecule is N#CN(CC1CCOC1)c1ccc(F)cc1. The highest BCUT2D eigenvalue weighted by Gasteiger charge is 2.19. The lowest BCUT2D eigenvalue weighted by atomic mass is 10.1. The zero-order chi connectivity index (χ0) is 11.4. The van der Waals surface area contributed by atoms with Gasteiger partial charge < -0.3 is 4.74 Å². The molecule has 1 unspecified atom stereocenters. The first-order chi connectivity index (χ1) is 7.79. The monoisotopic (exact) mass is 220 g/mol. The van der Waals surface area contributed by atoms with Gasteiger partial charge in [0.05, 0.1) is 12.3 Å². The van der Waals surface area contributed by atoms with Gasteiger partial charge in [0.15, 0.2) is 6.19 Å². The van der Waals surface area contributed by atoms with Crippen molar-refractivity contribution in [2.45, 2.75) is 6.42 Å². The summed E-state index contributed by atoms with van der Waals surface area (Å²) in [6, 6.07) is 5.97. The lowest BCUT2D eigenvalue weighted by Crippen LogP contribution is -2.25. The van der Waals surface area contributed by atoms with Gasteiger partial charge in [-0.05, 0) is 30.7 Å². The Morgan fingerprint density at radius 1 is 1.44 bits per heavy atom. The first kappa shape index (κ1) is 10.9. The first-order valence-corrected chi connectivity index (χ1v) is 5.30. The molecule has 0 radical (unpaired) electrons. The Morgan fingerprint density at radius 2 is 2.19 bits per heavy atom. The van der Waals surface area contributed by atoms with Crippen LogP contribution in [0.25, 0.3) is 0 Å². The van der Waals surface area contributed by atoms with E-state index < -0.39 is 0 Å². The molecule has 84 valence electrons. The van der Waals surface area contributed by atoms with Crippen molar-refractivity contribution in [3.8, 4) is 6.19 Å². The summed E-state index contributed by atoms with van der Waals surface area (Å²) >= 11 is 0. The smallest absolute Gasteiger partial charge is 0.184 e. The minimum atomic E-state index is -0.286. The second-order valence-corrected chi connectivity index (χ2v) is 3.92. The van der Waals surface area contributed by atoms with Gasteiger partial charge >= 0.3 is 0 Å². The molecule has 0 N–H and O–H groups in total. The molecular weight excluding hydrogens is 207 g/mol. The van der Waals surface area contributed by atoms with E-state index in [9.17, 15) is 4.39 Å². The molecule has 1 aromatic carbocycles. The van der Waals surface area contributed by atoms with Crippen LogP contribution in [0.4, 0.5) is 10.1 Å². The zero-order valence-electron chi connectivity index (χ0n) is 8.90. The second kappa shape index (κ2) is 4.95. The third-order valence-corrected chi connectivity index (χ3v) is 2.72. The predicted octanol–water partition coefficient (Wildman–Crippen LogP) is 2.15. The predicted molar refractivity (Wildman–Crippen MR) is 58.3 cm³/mol. The molecule has 1 atom stereocenters. The van der Waals surface area contributed by atoms with E-state index in [2.05, 4.69) is 6.19 Å². The maximum Gasteiger partial charge on any atom is 0.184 e. The largest absolute Gasteiger partial charge is 0.381 e. The van der Waals surface area contributed by atoms with Gasteiger partial charge in [-0.15, -0.1) is 0 Å². The Kier molecular flexibility index (Phi) is 3.37. The van der Waals surface area contributed by atoms with Crippen molar-refractivity contribution in [1.82, 2.24) is 0 Å². The van der Waals surface area contributed by atoms with E-state index in [1.807, 2.05) is 0 Å². The summed E-state index contributed by atoms with van der Waals surface area (Å²) in [7, 11) is 0. The number of benzene rings is 1. The summed E-state index contributed by atoms with van der Waals surface area (Å²) < 4.78 is 18.0. The first-order valence-electron chi connectivity index (χ1n) is 5.30. The highest BCUT2D eigenvalue weighted by molar-refractivity contribution is 5.50. The summed E-state index contributed by atoms with van der Waals surface area (Å²) in [4.78, 5) is 1.58. The summed E-state index contributed by atoms with van der Waals surface area (Å²) in [6.45, 7) is 2.12. The van der Waals surface area contributed by atoms with Crippen LogP contribution in [0.15, 0.2) is 24.3 Å². The number of nitriles is 1. The molecule has 1 fully saturated rings. The molecule has 0 saturated carbocycles. The Labute approximate surface area is 94.0 Å². The van der Waals surface area contributed by atoms with E-state index in [-0.39, 0.29) is 5.82 Å². The Hall–Kier alpha value is -1.60. The molecule has 1 aromatic rings. The molecule has 0 aliphatic carbocycles. The number of rotatable bonds is 3. The molecule has 3 nitrogen and oxygen atoms in total. The summed E-state index contributed by atoms with van der Waals surface area (Å²) in [5, 5.41) is 9.05. The molecule has 1 heterocycles. The lowest BCUT2D eigenvalue weighted by molar-refractivity contribution is 0.187. The normalized spacial score (nSPS) is 19.4. The van der Waals surface area contributed by atoms with Crippen LogP contribution in [0, 0.1) is 23.2 Å². The summed E-state index contributed by atoms with van der Waals surface area (Å²) in [5.41, 5.74) is 0.732. The van der Waals surface area contributed by atoms with Gasteiger partial charge in [0.1, 0.15) is 5.82 Å². The van der Waals surface area contributed by atoms with Crippen molar-refractivity contribution in [2.75, 3.05) is 24.7 Å². The quantitative estimate of drug-likeness (QED) is 0.578. The molecule has 0 bridgehead atoms. The Morgan fingerprint density at radius 3 is 2.75 bits per heavy atom. The van der Waals surface area contributed by atoms with Crippen molar-refractivity contribution >= 4 is 5.69 Å². The third kappa shape index (κ3) is 2.50. The van der Waals surface area contributed by atoms with Crippen LogP contribution < -0.4 is 4.90 Å². The topological polar surface area (TPSA) is 36.3 Å². The molecule has 0 amide bonds. The summed E-state index contributed by atoms with van der Waals surface area (Å²) in [5.74, 6) is 0.107. The molecule has 1 aliphatic rings. The van der Waals surface area contributed by atoms with Gasteiger partial charge in [-0.1, -0.05) is 0 Å². The average Bonchev–Trinajstić information content (AvgIpc) is 2.80. The van der Waals surface area contributed by atoms with Crippen LogP contribution in [0.2, 0.25) is 0 Å². The van der Waals surface area contributed by atoms with E-state index >= 15 is 0 Å². The summed E-state index contributed by atoms with van der Waals surface area (Å²) in [6.07, 6.45) is 3.11. The van der Waals surface area contributed by atoms with Crippen LogP contribution in [-0.4, -0.2) is 19.8 Å². The fourth-order valence-electron chi connectivity index (χ4n) is 1.81. The van der Waals surface area contributed by atoms with Crippen LogP contribution >= 0.6 is 0 Å². The van der Waals surface area contributed by atoms with Gasteiger partial charge in [-0.25, -0.2) is 4.39 Å². The van der Waals surface area contributed by atoms with Crippen molar-refractivity contribution in [3.05, 3.63) is 30.1 Å². The van der Waals surface area contributed by atoms with Crippen molar-refractivity contribution < 1.29 is 9.13 Å². The minimum absolute atomic E-state index is 0.286. The molecular formula is C12H13FN2O. The molecule has 1 aliphatic heterocycles. The van der Waals surface area contributed by atoms with Gasteiger partial charge in [0, 0.05) is 19.1 Å². The number of anilines is 1. The van der Waals surface area contributed by atoms with E-state index in [1.165, 1.54) is 12.1 Å². The van der Waals surface area contributed by atoms with E-state index in [4.69, 9.17) is 10.00 Å². The van der Waals surface area contributed by atoms with E-state index in [0.29, 0.717) is 19.1 Å². The van der Waals surface area contributed by atoms with E-state index in [0.717, 1.165) is 18.7 Å². The van der Waals surface area contributed by atoms with Gasteiger partial charge in [0.25, 0.3) is 0 Å². The van der Waals surface area contributed by atoms with Crippen LogP contribution in [0.5, 0.6) is 0 Å². The van der Waals surface area contributed by atoms with Gasteiger partial charge in [0.2, 0.25) is 0 Å². The van der Waals surface area contributed by atoms with Crippen LogP contribution in [0.3, 0.4) is 0 Å². The number of nitrogens with zero attached hydrogens (tertiary/aromatic N) is 2. The highest BCUT2D eigenvalue weighted by atomic mass is 19.1. The second-order valence-electron chi connectivity index (χ2n) is 3.92. The highest BCUT2D eigenvalue weighted by Crippen LogP contribution is 2.19. The van der Waals surface area contributed by atoms with Crippen molar-refractivity contribution in [1.29, 1.82) is 5.26 Å². The fourth-order valence-corrected chi connectivity index (χ4v) is 1.81. The molecule has 0 aromatic heterocycles. The van der Waals surface area contributed by atoms with Crippen molar-refractivity contribution in [2.24, 2.45) is 5.92 Å². The van der Waals surface area contributed by atoms with Gasteiger partial charge in [-0.2, -0.15) is 5.26 Å². The third-order valence-electron chi connectivity index (χ3n) is 2.72. The molecule has 4 heteroatoms. The minimum Gasteiger partial charge on any atom is -0.381 e. The lowest BCUT2D eigenvalue weighted by Gasteiger charge is -2.18.